The van der Waals surface area contributed by atoms with E-state index in [1.807, 2.05) is 12.1 Å². The highest BCUT2D eigenvalue weighted by atomic mass is 32.2. The van der Waals surface area contributed by atoms with Crippen molar-refractivity contribution in [1.29, 1.82) is 0 Å². The van der Waals surface area contributed by atoms with Crippen molar-refractivity contribution in [2.24, 2.45) is 23.2 Å². The molecule has 2 saturated carbocycles. The summed E-state index contributed by atoms with van der Waals surface area (Å²) in [5.41, 5.74) is 2.78. The minimum atomic E-state index is -3.17. The Bertz CT molecular complexity index is 1040. The molecule has 6 heteroatoms. The fraction of sp³-hybridized carbons (Fsp3) is 0.750. The molecule has 1 aromatic rings. The monoisotopic (exact) mass is 545 g/mol. The molecule has 3 N–H and O–H groups in total. The van der Waals surface area contributed by atoms with Gasteiger partial charge >= 0.3 is 0 Å². The molecule has 0 aromatic heterocycles. The van der Waals surface area contributed by atoms with Crippen molar-refractivity contribution in [1.82, 2.24) is 4.72 Å². The average molecular weight is 546 g/mol. The van der Waals surface area contributed by atoms with E-state index >= 15 is 0 Å². The van der Waals surface area contributed by atoms with Gasteiger partial charge in [-0.25, -0.2) is 13.1 Å². The van der Waals surface area contributed by atoms with Gasteiger partial charge in [-0.3, -0.25) is 0 Å². The molecule has 0 heterocycles. The van der Waals surface area contributed by atoms with E-state index in [2.05, 4.69) is 36.8 Å². The minimum absolute atomic E-state index is 0.0404. The Hall–Kier alpha value is -1.37. The van der Waals surface area contributed by atoms with Crippen molar-refractivity contribution in [2.45, 2.75) is 116 Å². The van der Waals surface area contributed by atoms with Crippen LogP contribution in [-0.2, 0) is 16.4 Å². The van der Waals surface area contributed by atoms with E-state index in [1.54, 1.807) is 0 Å². The quantitative estimate of drug-likeness (QED) is 0.176. The van der Waals surface area contributed by atoms with Gasteiger partial charge in [-0.05, 0) is 117 Å². The lowest BCUT2D eigenvalue weighted by Gasteiger charge is -2.53. The second-order valence-corrected chi connectivity index (χ2v) is 14.5. The Morgan fingerprint density at radius 2 is 1.84 bits per heavy atom. The zero-order chi connectivity index (χ0) is 27.2. The molecule has 0 radical (unpaired) electrons. The maximum atomic E-state index is 12.2. The summed E-state index contributed by atoms with van der Waals surface area (Å²) in [6.45, 7) is 5.06. The van der Waals surface area contributed by atoms with Crippen molar-refractivity contribution in [3.8, 4) is 5.75 Å². The van der Waals surface area contributed by atoms with Crippen molar-refractivity contribution >= 4 is 10.0 Å². The Morgan fingerprint density at radius 1 is 1.05 bits per heavy atom. The molecule has 0 unspecified atom stereocenters. The number of aliphatic hydroxyl groups is 1. The number of phenolic OH excluding ortho intramolecular Hbond substituents is 1. The average Bonchev–Trinajstić information content (AvgIpc) is 3.19. The Kier molecular flexibility index (Phi) is 10.4. The fourth-order valence-electron chi connectivity index (χ4n) is 8.00. The standard InChI is InChI=1S/C32H51NO4S/c1-3-4-5-8-11-20-33-38(36,37)21-12-9-6-7-10-13-24-22-25-23-26(34)14-15-27(25)28-18-19-32(2)29(31(24)28)16-17-30(32)35/h6-7,14-15,23-24,28-31,33-35H,3-5,8-13,16-22H2,1-2H3/t24-,28-,29+,30+,31-,32+/m1/s1. The lowest BCUT2D eigenvalue weighted by atomic mass is 9.52. The number of benzene rings is 1. The number of hydrogen-bond donors (Lipinski definition) is 3. The number of hydrogen-bond acceptors (Lipinski definition) is 4. The molecular formula is C32H51NO4S. The first-order chi connectivity index (χ1) is 18.2. The molecule has 3 aliphatic carbocycles. The molecule has 5 nitrogen and oxygen atoms in total. The highest BCUT2D eigenvalue weighted by Gasteiger charge is 2.56. The minimum Gasteiger partial charge on any atom is -0.508 e. The molecule has 3 aliphatic rings. The smallest absolute Gasteiger partial charge is 0.211 e. The summed E-state index contributed by atoms with van der Waals surface area (Å²) in [4.78, 5) is 0. The third-order valence-electron chi connectivity index (χ3n) is 10.1. The molecule has 0 spiro atoms. The van der Waals surface area contributed by atoms with Gasteiger partial charge < -0.3 is 10.2 Å². The van der Waals surface area contributed by atoms with Crippen LogP contribution in [0.15, 0.2) is 30.4 Å². The van der Waals surface area contributed by atoms with Crippen molar-refractivity contribution < 1.29 is 18.6 Å². The van der Waals surface area contributed by atoms with Crippen molar-refractivity contribution in [3.05, 3.63) is 41.5 Å². The Morgan fingerprint density at radius 3 is 2.66 bits per heavy atom. The van der Waals surface area contributed by atoms with Crippen molar-refractivity contribution in [3.63, 3.8) is 0 Å². The first-order valence-corrected chi connectivity index (χ1v) is 17.0. The molecular weight excluding hydrogens is 494 g/mol. The molecule has 2 fully saturated rings. The van der Waals surface area contributed by atoms with E-state index in [4.69, 9.17) is 0 Å². The molecule has 6 atom stereocenters. The number of fused-ring (bicyclic) bond motifs is 5. The van der Waals surface area contributed by atoms with Gasteiger partial charge in [0.15, 0.2) is 0 Å². The van der Waals surface area contributed by atoms with Crippen LogP contribution in [0, 0.1) is 23.2 Å². The second-order valence-electron chi connectivity index (χ2n) is 12.6. The second kappa shape index (κ2) is 13.3. The molecule has 1 aromatic carbocycles. The SMILES string of the molecule is CCCCCCCNS(=O)(=O)CCCC=CCC[C@@H]1Cc2cc(O)ccc2[C@H]2CC[C@]3(C)[C@@H](O)CC[C@H]3[C@H]12. The fourth-order valence-corrected chi connectivity index (χ4v) is 9.14. The first kappa shape index (κ1) is 29.6. The highest BCUT2D eigenvalue weighted by molar-refractivity contribution is 7.89. The lowest BCUT2D eigenvalue weighted by molar-refractivity contribution is -0.0391. The van der Waals surface area contributed by atoms with E-state index in [0.29, 0.717) is 42.4 Å². The van der Waals surface area contributed by atoms with E-state index < -0.39 is 10.0 Å². The number of aliphatic hydroxyl groups excluding tert-OH is 1. The molecule has 0 aliphatic heterocycles. The van der Waals surface area contributed by atoms with Gasteiger partial charge in [0.05, 0.1) is 11.9 Å². The van der Waals surface area contributed by atoms with Gasteiger partial charge in [0, 0.05) is 6.54 Å². The summed E-state index contributed by atoms with van der Waals surface area (Å²) >= 11 is 0. The number of nitrogens with one attached hydrogen (secondary N) is 1. The predicted molar refractivity (Wildman–Crippen MR) is 156 cm³/mol. The van der Waals surface area contributed by atoms with Gasteiger partial charge in [-0.15, -0.1) is 0 Å². The number of unbranched alkanes of at least 4 members (excludes halogenated alkanes) is 5. The van der Waals surface area contributed by atoms with E-state index in [-0.39, 0.29) is 17.3 Å². The third-order valence-corrected chi connectivity index (χ3v) is 11.6. The van der Waals surface area contributed by atoms with Crippen LogP contribution in [0.2, 0.25) is 0 Å². The summed E-state index contributed by atoms with van der Waals surface area (Å²) in [6, 6.07) is 5.98. The van der Waals surface area contributed by atoms with Gasteiger partial charge in [0.2, 0.25) is 10.0 Å². The summed E-state index contributed by atoms with van der Waals surface area (Å²) in [5, 5.41) is 21.0. The van der Waals surface area contributed by atoms with Crippen molar-refractivity contribution in [2.75, 3.05) is 12.3 Å². The van der Waals surface area contributed by atoms with Crippen LogP contribution >= 0.6 is 0 Å². The molecule has 214 valence electrons. The summed E-state index contributed by atoms with van der Waals surface area (Å²) < 4.78 is 27.2. The number of rotatable bonds is 14. The lowest BCUT2D eigenvalue weighted by Crippen LogP contribution is -2.47. The van der Waals surface area contributed by atoms with E-state index in [9.17, 15) is 18.6 Å². The van der Waals surface area contributed by atoms with Gasteiger partial charge in [0.25, 0.3) is 0 Å². The summed E-state index contributed by atoms with van der Waals surface area (Å²) in [7, 11) is -3.17. The van der Waals surface area contributed by atoms with Crippen LogP contribution in [0.4, 0.5) is 0 Å². The third kappa shape index (κ3) is 7.03. The van der Waals surface area contributed by atoms with Crippen LogP contribution in [0.25, 0.3) is 0 Å². The predicted octanol–water partition coefficient (Wildman–Crippen LogP) is 6.84. The van der Waals surface area contributed by atoms with Crippen LogP contribution in [0.1, 0.15) is 114 Å². The molecule has 38 heavy (non-hydrogen) atoms. The molecule has 4 rings (SSSR count). The van der Waals surface area contributed by atoms with Crippen LogP contribution in [0.5, 0.6) is 5.75 Å². The van der Waals surface area contributed by atoms with Crippen LogP contribution in [-0.4, -0.2) is 37.0 Å². The van der Waals surface area contributed by atoms with Gasteiger partial charge in [-0.1, -0.05) is 57.7 Å². The summed E-state index contributed by atoms with van der Waals surface area (Å²) in [6.07, 6.45) is 18.7. The maximum absolute atomic E-state index is 12.2. The number of allylic oxidation sites excluding steroid dienone is 2. The zero-order valence-corrected chi connectivity index (χ0v) is 24.5. The maximum Gasteiger partial charge on any atom is 0.211 e. The topological polar surface area (TPSA) is 86.6 Å². The number of aromatic hydroxyl groups is 1. The van der Waals surface area contributed by atoms with Crippen LogP contribution < -0.4 is 4.72 Å². The van der Waals surface area contributed by atoms with Crippen LogP contribution in [0.3, 0.4) is 0 Å². The van der Waals surface area contributed by atoms with Gasteiger partial charge in [-0.2, -0.15) is 0 Å². The van der Waals surface area contributed by atoms with E-state index in [0.717, 1.165) is 64.2 Å². The summed E-state index contributed by atoms with van der Waals surface area (Å²) in [5.74, 6) is 2.79. The normalized spacial score (nSPS) is 30.8. The number of phenols is 1. The van der Waals surface area contributed by atoms with Gasteiger partial charge in [0.1, 0.15) is 5.75 Å². The molecule has 0 saturated heterocycles. The largest absolute Gasteiger partial charge is 0.508 e. The molecule has 0 amide bonds. The molecule has 0 bridgehead atoms. The number of sulfonamides is 1. The Labute approximate surface area is 231 Å². The highest BCUT2D eigenvalue weighted by Crippen LogP contribution is 2.62. The first-order valence-electron chi connectivity index (χ1n) is 15.4. The zero-order valence-electron chi connectivity index (χ0n) is 23.7. The van der Waals surface area contributed by atoms with E-state index in [1.165, 1.54) is 30.4 Å². The Balaban J connectivity index is 1.27.